The number of fused-ring (bicyclic) bond motifs is 16. The topological polar surface area (TPSA) is 36.0 Å². The number of hydrogen-bond acceptors (Lipinski definition) is 5. The molecule has 0 aliphatic carbocycles. The van der Waals surface area contributed by atoms with E-state index in [1.54, 1.807) is 0 Å². The summed E-state index contributed by atoms with van der Waals surface area (Å²) < 4.78 is 16.9. The van der Waals surface area contributed by atoms with E-state index in [0.717, 1.165) is 107 Å². The molecule has 4 aliphatic rings. The smallest absolute Gasteiger partial charge is 0.0616 e. The van der Waals surface area contributed by atoms with E-state index in [9.17, 15) is 0 Å². The van der Waals surface area contributed by atoms with Crippen molar-refractivity contribution in [1.82, 2.24) is 0 Å². The van der Waals surface area contributed by atoms with Gasteiger partial charge < -0.3 is 0 Å². The summed E-state index contributed by atoms with van der Waals surface area (Å²) in [5.41, 5.74) is 26.0. The van der Waals surface area contributed by atoms with Gasteiger partial charge >= 0.3 is 399 Å². The van der Waals surface area contributed by atoms with E-state index in [2.05, 4.69) is 276 Å². The maximum absolute atomic E-state index is 7.17. The summed E-state index contributed by atoms with van der Waals surface area (Å²) in [5.74, 6) is 0. The molecular formula is C72H43B2N3O2Se. The van der Waals surface area contributed by atoms with Gasteiger partial charge in [-0.05, 0) is 6.07 Å². The molecule has 4 aliphatic heterocycles. The summed E-state index contributed by atoms with van der Waals surface area (Å²) in [6.07, 6.45) is 0. The van der Waals surface area contributed by atoms with Crippen molar-refractivity contribution >= 4 is 165 Å². The van der Waals surface area contributed by atoms with Crippen molar-refractivity contribution in [3.63, 3.8) is 0 Å². The average Bonchev–Trinajstić information content (AvgIpc) is 2.77. The van der Waals surface area contributed by atoms with Gasteiger partial charge in [-0.2, -0.15) is 0 Å². The Kier molecular flexibility index (Phi) is 9.35. The Morgan fingerprint density at radius 3 is 1.48 bits per heavy atom. The third-order valence-corrected chi connectivity index (χ3v) is 19.8. The van der Waals surface area contributed by atoms with Gasteiger partial charge in [0, 0.05) is 0 Å². The minimum atomic E-state index is -0.177. The minimum absolute atomic E-state index is 0.00102. The third kappa shape index (κ3) is 6.15. The first-order valence-electron chi connectivity index (χ1n) is 27.5. The van der Waals surface area contributed by atoms with Crippen molar-refractivity contribution in [2.45, 2.75) is 0 Å². The molecule has 0 unspecified atom stereocenters. The molecule has 0 bridgehead atoms. The molecular weight excluding hydrogens is 1040 g/mol. The van der Waals surface area contributed by atoms with Crippen LogP contribution in [-0.4, -0.2) is 28.4 Å². The zero-order chi connectivity index (χ0) is 52.2. The summed E-state index contributed by atoms with van der Waals surface area (Å²) in [5, 5.41) is 4.62. The van der Waals surface area contributed by atoms with E-state index >= 15 is 0 Å². The molecule has 0 amide bonds. The summed E-state index contributed by atoms with van der Waals surface area (Å²) in [4.78, 5) is 7.71. The summed E-state index contributed by atoms with van der Waals surface area (Å²) in [6, 6.07) is 96.3. The van der Waals surface area contributed by atoms with Crippen molar-refractivity contribution < 1.29 is 8.83 Å². The molecule has 0 saturated carbocycles. The Labute approximate surface area is 468 Å². The quantitative estimate of drug-likeness (QED) is 0.161. The van der Waals surface area contributed by atoms with Crippen LogP contribution in [0.5, 0.6) is 0 Å². The van der Waals surface area contributed by atoms with Crippen LogP contribution in [0.15, 0.2) is 270 Å². The Balaban J connectivity index is 1.04. The summed E-state index contributed by atoms with van der Waals surface area (Å²) in [7, 11) is 0. The van der Waals surface area contributed by atoms with Crippen LogP contribution in [0.3, 0.4) is 0 Å². The van der Waals surface area contributed by atoms with E-state index in [0.29, 0.717) is 0 Å². The van der Waals surface area contributed by atoms with Crippen LogP contribution in [0, 0.1) is 0 Å². The zero-order valence-corrected chi connectivity index (χ0v) is 44.8. The first-order valence-corrected chi connectivity index (χ1v) is 29.2. The van der Waals surface area contributed by atoms with Crippen molar-refractivity contribution in [2.75, 3.05) is 14.7 Å². The monoisotopic (exact) mass is 1080 g/mol. The number of hydrogen-bond donors (Lipinski definition) is 0. The molecule has 0 spiro atoms. The third-order valence-electron chi connectivity index (χ3n) is 17.2. The number of furan rings is 2. The molecule has 12 aromatic carbocycles. The normalized spacial score (nSPS) is 13.6. The van der Waals surface area contributed by atoms with Crippen LogP contribution in [-0.2, 0) is 0 Å². The maximum atomic E-state index is 7.17. The van der Waals surface area contributed by atoms with E-state index in [1.807, 2.05) is 0 Å². The zero-order valence-electron chi connectivity index (χ0n) is 43.0. The van der Waals surface area contributed by atoms with Crippen LogP contribution >= 0.6 is 0 Å². The van der Waals surface area contributed by atoms with Crippen molar-refractivity contribution in [3.05, 3.63) is 261 Å². The molecule has 0 radical (unpaired) electrons. The van der Waals surface area contributed by atoms with Crippen LogP contribution in [0.1, 0.15) is 0 Å². The number of para-hydroxylation sites is 6. The number of nitrogens with zero attached hydrogens (tertiary/aromatic N) is 3. The molecule has 0 fully saturated rings. The molecule has 2 aromatic heterocycles. The van der Waals surface area contributed by atoms with Crippen LogP contribution < -0.4 is 56.4 Å². The molecule has 0 saturated heterocycles. The van der Waals surface area contributed by atoms with Gasteiger partial charge in [0.1, 0.15) is 0 Å². The van der Waals surface area contributed by atoms with Crippen molar-refractivity contribution in [3.8, 4) is 22.3 Å². The van der Waals surface area contributed by atoms with Crippen LogP contribution in [0.4, 0.5) is 51.2 Å². The van der Waals surface area contributed by atoms with Gasteiger partial charge in [-0.3, -0.25) is 0 Å². The van der Waals surface area contributed by atoms with Gasteiger partial charge in [0.05, 0.1) is 0 Å². The number of benzene rings is 12. The molecule has 5 nitrogen and oxygen atoms in total. The van der Waals surface area contributed by atoms with Gasteiger partial charge in [-0.15, -0.1) is 0 Å². The van der Waals surface area contributed by atoms with Crippen LogP contribution in [0.25, 0.3) is 66.1 Å². The number of rotatable bonds is 5. The van der Waals surface area contributed by atoms with E-state index in [1.165, 1.54) is 52.5 Å². The predicted octanol–water partition coefficient (Wildman–Crippen LogP) is 13.2. The van der Waals surface area contributed by atoms with Gasteiger partial charge in [0.15, 0.2) is 0 Å². The van der Waals surface area contributed by atoms with Gasteiger partial charge in [-0.25, -0.2) is 0 Å². The summed E-state index contributed by atoms with van der Waals surface area (Å²) in [6.45, 7) is -0.236. The Morgan fingerprint density at radius 2 is 0.812 bits per heavy atom. The minimum Gasteiger partial charge on any atom is -0.0616 e. The standard InChI is InChI=1S/C72H43B2N3O2Se/c1-5-22-44(23-6-1)48-32-21-33-49(45-24-7-2-8-25-45)70(48)77-58-41-57-54(74-53-35-16-20-39-65(53)80-72-67-51-31-14-19-38-62(51)79-64(67)43-60(69(72)74)75(57)46-26-9-3-10-27-46)40-55(58)73-52-34-15-17-36-56(52)76(47-28-11-4-12-29-47)71-66-50-30-13-18-37-61(50)78-63(66)42-59(77)68(71)73/h1-43H. The molecule has 0 N–H and O–H groups in total. The fourth-order valence-corrected chi connectivity index (χ4v) is 16.8. The first-order chi connectivity index (χ1) is 39.7. The van der Waals surface area contributed by atoms with Crippen molar-refractivity contribution in [1.29, 1.82) is 0 Å². The Hall–Kier alpha value is -9.71. The molecule has 370 valence electrons. The second-order valence-corrected chi connectivity index (χ2v) is 23.6. The fourth-order valence-electron chi connectivity index (χ4n) is 14.1. The first kappa shape index (κ1) is 44.3. The van der Waals surface area contributed by atoms with E-state index < -0.39 is 0 Å². The Bertz CT molecular complexity index is 4850. The Morgan fingerprint density at radius 1 is 0.312 bits per heavy atom. The molecule has 80 heavy (non-hydrogen) atoms. The second-order valence-electron chi connectivity index (χ2n) is 21.4. The van der Waals surface area contributed by atoms with Gasteiger partial charge in [-0.1, -0.05) is 66.7 Å². The van der Waals surface area contributed by atoms with E-state index in [-0.39, 0.29) is 28.4 Å². The fraction of sp³-hybridized carbons (Fsp3) is 0. The van der Waals surface area contributed by atoms with Crippen LogP contribution in [0.2, 0.25) is 0 Å². The molecule has 6 heterocycles. The predicted molar refractivity (Wildman–Crippen MR) is 337 cm³/mol. The summed E-state index contributed by atoms with van der Waals surface area (Å²) >= 11 is -0.00102. The second kappa shape index (κ2) is 16.9. The number of anilines is 9. The molecule has 14 aromatic rings. The van der Waals surface area contributed by atoms with Gasteiger partial charge in [0.2, 0.25) is 0 Å². The van der Waals surface area contributed by atoms with Gasteiger partial charge in [0.25, 0.3) is 0 Å². The molecule has 8 heteroatoms. The average molecular weight is 1080 g/mol. The van der Waals surface area contributed by atoms with E-state index in [4.69, 9.17) is 8.83 Å². The van der Waals surface area contributed by atoms with Crippen molar-refractivity contribution in [2.24, 2.45) is 0 Å². The molecule has 18 rings (SSSR count). The SMILES string of the molecule is c1ccc(-c2cccc(-c3ccccc3)c2N2c3cc4c(cc3B3c5ccccc5N(c5ccccc5)c5c3c2cc2oc3ccccc3c52)B2c3ccccc3[Se]c3c2c(cc2oc5ccccc5c32)N4c2ccccc2)cc1. The molecule has 0 atom stereocenters.